The Morgan fingerprint density at radius 1 is 1.64 bits per heavy atom. The van der Waals surface area contributed by atoms with Crippen LogP contribution in [0.1, 0.15) is 31.2 Å². The van der Waals surface area contributed by atoms with Crippen LogP contribution >= 0.6 is 0 Å². The van der Waals surface area contributed by atoms with Gasteiger partial charge in [0.25, 0.3) is 0 Å². The van der Waals surface area contributed by atoms with E-state index in [9.17, 15) is 0 Å². The Hall–Kier alpha value is -0.830. The SMILES string of the molecule is Cc1[nH]cnc1CNCC(C)C1CC1. The summed E-state index contributed by atoms with van der Waals surface area (Å²) in [5.74, 6) is 1.82. The van der Waals surface area contributed by atoms with Crippen molar-refractivity contribution in [3.63, 3.8) is 0 Å². The fourth-order valence-electron chi connectivity index (χ4n) is 1.82. The maximum absolute atomic E-state index is 4.26. The van der Waals surface area contributed by atoms with Crippen molar-refractivity contribution in [2.75, 3.05) is 6.54 Å². The number of hydrogen-bond donors (Lipinski definition) is 2. The molecular formula is C11H19N3. The van der Waals surface area contributed by atoms with Crippen LogP contribution in [-0.2, 0) is 6.54 Å². The largest absolute Gasteiger partial charge is 0.348 e. The molecule has 0 amide bonds. The Morgan fingerprint density at radius 2 is 2.43 bits per heavy atom. The average Bonchev–Trinajstić information content (AvgIpc) is 2.93. The van der Waals surface area contributed by atoms with E-state index in [2.05, 4.69) is 29.1 Å². The first-order valence-electron chi connectivity index (χ1n) is 5.47. The van der Waals surface area contributed by atoms with Crippen molar-refractivity contribution < 1.29 is 0 Å². The number of H-pyrrole nitrogens is 1. The highest BCUT2D eigenvalue weighted by molar-refractivity contribution is 5.07. The van der Waals surface area contributed by atoms with Crippen LogP contribution in [-0.4, -0.2) is 16.5 Å². The third kappa shape index (κ3) is 2.35. The van der Waals surface area contributed by atoms with Gasteiger partial charge in [-0.25, -0.2) is 4.98 Å². The van der Waals surface area contributed by atoms with Gasteiger partial charge >= 0.3 is 0 Å². The number of nitrogens with zero attached hydrogens (tertiary/aromatic N) is 1. The van der Waals surface area contributed by atoms with Crippen LogP contribution in [0.5, 0.6) is 0 Å². The Balaban J connectivity index is 1.69. The van der Waals surface area contributed by atoms with E-state index < -0.39 is 0 Å². The lowest BCUT2D eigenvalue weighted by Gasteiger charge is -2.10. The Kier molecular flexibility index (Phi) is 2.87. The molecule has 1 aliphatic carbocycles. The molecule has 0 aliphatic heterocycles. The molecule has 1 heterocycles. The third-order valence-electron chi connectivity index (χ3n) is 3.12. The van der Waals surface area contributed by atoms with Crippen LogP contribution in [0.25, 0.3) is 0 Å². The van der Waals surface area contributed by atoms with Gasteiger partial charge in [-0.1, -0.05) is 6.92 Å². The van der Waals surface area contributed by atoms with Crippen LogP contribution in [0.15, 0.2) is 6.33 Å². The highest BCUT2D eigenvalue weighted by Crippen LogP contribution is 2.36. The number of hydrogen-bond acceptors (Lipinski definition) is 2. The molecular weight excluding hydrogens is 174 g/mol. The molecule has 1 unspecified atom stereocenters. The van der Waals surface area contributed by atoms with E-state index in [0.717, 1.165) is 30.6 Å². The van der Waals surface area contributed by atoms with E-state index in [1.807, 2.05) is 0 Å². The maximum atomic E-state index is 4.26. The van der Waals surface area contributed by atoms with Crippen molar-refractivity contribution in [3.05, 3.63) is 17.7 Å². The summed E-state index contributed by atoms with van der Waals surface area (Å²) in [6, 6.07) is 0. The third-order valence-corrected chi connectivity index (χ3v) is 3.12. The molecule has 0 saturated heterocycles. The summed E-state index contributed by atoms with van der Waals surface area (Å²) in [4.78, 5) is 7.35. The molecule has 1 aromatic rings. The number of aryl methyl sites for hydroxylation is 1. The van der Waals surface area contributed by atoms with Crippen LogP contribution in [0, 0.1) is 18.8 Å². The fourth-order valence-corrected chi connectivity index (χ4v) is 1.82. The summed E-state index contributed by atoms with van der Waals surface area (Å²) in [6.07, 6.45) is 4.63. The highest BCUT2D eigenvalue weighted by atomic mass is 14.9. The lowest BCUT2D eigenvalue weighted by Crippen LogP contribution is -2.22. The second kappa shape index (κ2) is 4.13. The molecule has 2 rings (SSSR count). The van der Waals surface area contributed by atoms with Gasteiger partial charge < -0.3 is 10.3 Å². The summed E-state index contributed by atoms with van der Waals surface area (Å²) < 4.78 is 0. The zero-order chi connectivity index (χ0) is 9.97. The van der Waals surface area contributed by atoms with Gasteiger partial charge in [0.2, 0.25) is 0 Å². The average molecular weight is 193 g/mol. The molecule has 1 fully saturated rings. The minimum Gasteiger partial charge on any atom is -0.348 e. The Labute approximate surface area is 85.3 Å². The van der Waals surface area contributed by atoms with Crippen molar-refractivity contribution in [1.82, 2.24) is 15.3 Å². The van der Waals surface area contributed by atoms with Crippen LogP contribution in [0.4, 0.5) is 0 Å². The van der Waals surface area contributed by atoms with Gasteiger partial charge in [0.05, 0.1) is 12.0 Å². The van der Waals surface area contributed by atoms with Crippen LogP contribution < -0.4 is 5.32 Å². The van der Waals surface area contributed by atoms with Crippen LogP contribution in [0.3, 0.4) is 0 Å². The van der Waals surface area contributed by atoms with E-state index in [4.69, 9.17) is 0 Å². The minimum atomic E-state index is 0.828. The zero-order valence-electron chi connectivity index (χ0n) is 9.01. The van der Waals surface area contributed by atoms with E-state index in [1.54, 1.807) is 6.33 Å². The molecule has 1 aliphatic rings. The molecule has 1 saturated carbocycles. The molecule has 0 radical (unpaired) electrons. The molecule has 1 atom stereocenters. The second-order valence-electron chi connectivity index (χ2n) is 4.42. The standard InChI is InChI=1S/C11H19N3/c1-8(10-3-4-10)5-12-6-11-9(2)13-7-14-11/h7-8,10,12H,3-6H2,1-2H3,(H,13,14). The Morgan fingerprint density at radius 3 is 3.00 bits per heavy atom. The van der Waals surface area contributed by atoms with E-state index >= 15 is 0 Å². The number of nitrogens with one attached hydrogen (secondary N) is 2. The molecule has 3 nitrogen and oxygen atoms in total. The first-order chi connectivity index (χ1) is 6.77. The van der Waals surface area contributed by atoms with Gasteiger partial charge in [0, 0.05) is 12.2 Å². The molecule has 0 spiro atoms. The summed E-state index contributed by atoms with van der Waals surface area (Å²) in [5.41, 5.74) is 2.32. The molecule has 2 N–H and O–H groups in total. The maximum Gasteiger partial charge on any atom is 0.0925 e. The number of imidazole rings is 1. The number of rotatable bonds is 5. The van der Waals surface area contributed by atoms with Gasteiger partial charge in [0.1, 0.15) is 0 Å². The van der Waals surface area contributed by atoms with E-state index in [-0.39, 0.29) is 0 Å². The summed E-state index contributed by atoms with van der Waals surface area (Å²) in [7, 11) is 0. The van der Waals surface area contributed by atoms with Gasteiger partial charge in [-0.2, -0.15) is 0 Å². The lowest BCUT2D eigenvalue weighted by atomic mass is 10.1. The number of aromatic amines is 1. The molecule has 3 heteroatoms. The van der Waals surface area contributed by atoms with Crippen molar-refractivity contribution in [2.45, 2.75) is 33.2 Å². The molecule has 0 bridgehead atoms. The second-order valence-corrected chi connectivity index (χ2v) is 4.42. The van der Waals surface area contributed by atoms with E-state index in [0.29, 0.717) is 0 Å². The highest BCUT2D eigenvalue weighted by Gasteiger charge is 2.27. The molecule has 14 heavy (non-hydrogen) atoms. The van der Waals surface area contributed by atoms with Crippen LogP contribution in [0.2, 0.25) is 0 Å². The molecule has 0 aromatic carbocycles. The first kappa shape index (κ1) is 9.71. The molecule has 78 valence electrons. The minimum absolute atomic E-state index is 0.828. The summed E-state index contributed by atoms with van der Waals surface area (Å²) in [5, 5.41) is 3.47. The van der Waals surface area contributed by atoms with Gasteiger partial charge in [-0.05, 0) is 38.1 Å². The zero-order valence-corrected chi connectivity index (χ0v) is 9.01. The smallest absolute Gasteiger partial charge is 0.0925 e. The van der Waals surface area contributed by atoms with Crippen molar-refractivity contribution in [1.29, 1.82) is 0 Å². The molecule has 1 aromatic heterocycles. The number of aromatic nitrogens is 2. The fraction of sp³-hybridized carbons (Fsp3) is 0.727. The lowest BCUT2D eigenvalue weighted by molar-refractivity contribution is 0.460. The van der Waals surface area contributed by atoms with Gasteiger partial charge in [-0.3, -0.25) is 0 Å². The Bertz CT molecular complexity index is 288. The summed E-state index contributed by atoms with van der Waals surface area (Å²) >= 11 is 0. The van der Waals surface area contributed by atoms with Crippen molar-refractivity contribution >= 4 is 0 Å². The van der Waals surface area contributed by atoms with Crippen molar-refractivity contribution in [2.24, 2.45) is 11.8 Å². The van der Waals surface area contributed by atoms with Gasteiger partial charge in [0.15, 0.2) is 0 Å². The monoisotopic (exact) mass is 193 g/mol. The predicted molar refractivity (Wildman–Crippen MR) is 56.9 cm³/mol. The quantitative estimate of drug-likeness (QED) is 0.749. The normalized spacial score (nSPS) is 18.4. The first-order valence-corrected chi connectivity index (χ1v) is 5.47. The summed E-state index contributed by atoms with van der Waals surface area (Å²) in [6.45, 7) is 6.42. The predicted octanol–water partition coefficient (Wildman–Crippen LogP) is 1.85. The van der Waals surface area contributed by atoms with Gasteiger partial charge in [-0.15, -0.1) is 0 Å². The van der Waals surface area contributed by atoms with E-state index in [1.165, 1.54) is 18.5 Å². The topological polar surface area (TPSA) is 40.7 Å². The van der Waals surface area contributed by atoms with Crippen molar-refractivity contribution in [3.8, 4) is 0 Å².